The Bertz CT molecular complexity index is 742. The molecule has 0 fully saturated rings. The van der Waals surface area contributed by atoms with E-state index in [-0.39, 0.29) is 11.9 Å². The van der Waals surface area contributed by atoms with Crippen LogP contribution in [0.1, 0.15) is 30.5 Å². The molecule has 1 atom stereocenters. The Morgan fingerprint density at radius 3 is 2.65 bits per heavy atom. The van der Waals surface area contributed by atoms with E-state index < -0.39 is 0 Å². The van der Waals surface area contributed by atoms with E-state index in [4.69, 9.17) is 0 Å². The molecule has 0 saturated heterocycles. The lowest BCUT2D eigenvalue weighted by Crippen LogP contribution is -2.08. The number of rotatable bonds is 3. The van der Waals surface area contributed by atoms with E-state index >= 15 is 0 Å². The summed E-state index contributed by atoms with van der Waals surface area (Å²) < 4.78 is 15.7. The second-order valence-corrected chi connectivity index (χ2v) is 5.21. The normalized spacial score (nSPS) is 12.8. The maximum absolute atomic E-state index is 13.5. The van der Waals surface area contributed by atoms with Crippen LogP contribution in [0.15, 0.2) is 54.7 Å². The molecular formula is C18H18FN. The number of hydrogen-bond donors (Lipinski definition) is 0. The number of aryl methyl sites for hydroxylation is 1. The maximum atomic E-state index is 13.5. The maximum Gasteiger partial charge on any atom is 0.123 e. The van der Waals surface area contributed by atoms with Crippen LogP contribution in [0.4, 0.5) is 4.39 Å². The molecule has 20 heavy (non-hydrogen) atoms. The van der Waals surface area contributed by atoms with Crippen LogP contribution in [0.25, 0.3) is 10.9 Å². The summed E-state index contributed by atoms with van der Waals surface area (Å²) in [5.74, 6) is -0.173. The van der Waals surface area contributed by atoms with Gasteiger partial charge in [-0.15, -0.1) is 0 Å². The number of hydrogen-bond acceptors (Lipinski definition) is 0. The van der Waals surface area contributed by atoms with E-state index in [1.165, 1.54) is 22.5 Å². The van der Waals surface area contributed by atoms with Crippen molar-refractivity contribution in [2.45, 2.75) is 26.3 Å². The van der Waals surface area contributed by atoms with Crippen LogP contribution in [0.5, 0.6) is 0 Å². The van der Waals surface area contributed by atoms with Gasteiger partial charge >= 0.3 is 0 Å². The van der Waals surface area contributed by atoms with E-state index in [1.807, 2.05) is 6.07 Å². The summed E-state index contributed by atoms with van der Waals surface area (Å²) in [7, 11) is 0. The van der Waals surface area contributed by atoms with Gasteiger partial charge in [-0.2, -0.15) is 0 Å². The third-order valence-corrected chi connectivity index (χ3v) is 3.94. The zero-order valence-corrected chi connectivity index (χ0v) is 11.8. The van der Waals surface area contributed by atoms with Crippen molar-refractivity contribution in [3.63, 3.8) is 0 Å². The molecule has 102 valence electrons. The number of nitrogens with zero attached hydrogens (tertiary/aromatic N) is 1. The fraction of sp³-hybridized carbons (Fsp3) is 0.222. The van der Waals surface area contributed by atoms with E-state index in [0.29, 0.717) is 0 Å². The summed E-state index contributed by atoms with van der Waals surface area (Å²) in [5.41, 5.74) is 3.50. The van der Waals surface area contributed by atoms with Crippen molar-refractivity contribution in [1.82, 2.24) is 4.57 Å². The van der Waals surface area contributed by atoms with Crippen LogP contribution in [-0.4, -0.2) is 4.57 Å². The van der Waals surface area contributed by atoms with Gasteiger partial charge in [0.15, 0.2) is 0 Å². The zero-order chi connectivity index (χ0) is 14.1. The predicted octanol–water partition coefficient (Wildman–Crippen LogP) is 5.09. The van der Waals surface area contributed by atoms with Crippen molar-refractivity contribution >= 4 is 10.9 Å². The standard InChI is InChI=1S/C18H18FN/c1-3-17(14-7-5-8-15(19)12-14)20-11-10-16-13(2)6-4-9-18(16)20/h4-12,17H,3H2,1-2H3. The van der Waals surface area contributed by atoms with E-state index in [1.54, 1.807) is 12.1 Å². The van der Waals surface area contributed by atoms with Gasteiger partial charge in [-0.05, 0) is 48.7 Å². The molecule has 1 nitrogen and oxygen atoms in total. The highest BCUT2D eigenvalue weighted by atomic mass is 19.1. The molecule has 1 aromatic heterocycles. The fourth-order valence-corrected chi connectivity index (χ4v) is 2.92. The minimum atomic E-state index is -0.173. The van der Waals surface area contributed by atoms with E-state index in [9.17, 15) is 4.39 Å². The smallest absolute Gasteiger partial charge is 0.123 e. The molecule has 0 N–H and O–H groups in total. The molecule has 2 aromatic carbocycles. The number of benzene rings is 2. The first kappa shape index (κ1) is 12.9. The molecule has 0 amide bonds. The third kappa shape index (κ3) is 2.11. The Hall–Kier alpha value is -2.09. The van der Waals surface area contributed by atoms with Crippen molar-refractivity contribution in [2.75, 3.05) is 0 Å². The molecule has 3 aromatic rings. The van der Waals surface area contributed by atoms with Crippen LogP contribution < -0.4 is 0 Å². The summed E-state index contributed by atoms with van der Waals surface area (Å²) >= 11 is 0. The van der Waals surface area contributed by atoms with Crippen LogP contribution in [-0.2, 0) is 0 Å². The summed E-state index contributed by atoms with van der Waals surface area (Å²) in [5, 5.41) is 1.27. The highest BCUT2D eigenvalue weighted by Gasteiger charge is 2.14. The molecule has 3 rings (SSSR count). The van der Waals surface area contributed by atoms with Gasteiger partial charge in [0.2, 0.25) is 0 Å². The molecule has 1 heterocycles. The first-order chi connectivity index (χ1) is 9.70. The molecule has 0 aliphatic carbocycles. The van der Waals surface area contributed by atoms with Gasteiger partial charge in [0.05, 0.1) is 6.04 Å². The van der Waals surface area contributed by atoms with Crippen molar-refractivity contribution in [2.24, 2.45) is 0 Å². The molecule has 0 spiro atoms. The van der Waals surface area contributed by atoms with Crippen molar-refractivity contribution in [3.05, 3.63) is 71.7 Å². The average molecular weight is 267 g/mol. The Balaban J connectivity index is 2.15. The fourth-order valence-electron chi connectivity index (χ4n) is 2.92. The molecule has 0 bridgehead atoms. The van der Waals surface area contributed by atoms with Gasteiger partial charge in [-0.25, -0.2) is 4.39 Å². The average Bonchev–Trinajstić information content (AvgIpc) is 2.86. The van der Waals surface area contributed by atoms with E-state index in [0.717, 1.165) is 12.0 Å². The Morgan fingerprint density at radius 1 is 1.10 bits per heavy atom. The summed E-state index contributed by atoms with van der Waals surface area (Å²) in [4.78, 5) is 0. The summed E-state index contributed by atoms with van der Waals surface area (Å²) in [6.07, 6.45) is 3.04. The van der Waals surface area contributed by atoms with Gasteiger partial charge in [-0.3, -0.25) is 0 Å². The molecule has 0 aliphatic rings. The SMILES string of the molecule is CCC(c1cccc(F)c1)n1ccc2c(C)cccc21. The van der Waals surface area contributed by atoms with Crippen LogP contribution in [0.2, 0.25) is 0 Å². The summed E-state index contributed by atoms with van der Waals surface area (Å²) in [6, 6.07) is 15.6. The Labute approximate surface area is 118 Å². The summed E-state index contributed by atoms with van der Waals surface area (Å²) in [6.45, 7) is 4.26. The third-order valence-electron chi connectivity index (χ3n) is 3.94. The first-order valence-electron chi connectivity index (χ1n) is 7.02. The monoisotopic (exact) mass is 267 g/mol. The van der Waals surface area contributed by atoms with Crippen molar-refractivity contribution in [3.8, 4) is 0 Å². The zero-order valence-electron chi connectivity index (χ0n) is 11.8. The first-order valence-corrected chi connectivity index (χ1v) is 7.02. The molecule has 1 unspecified atom stereocenters. The molecular weight excluding hydrogens is 249 g/mol. The van der Waals surface area contributed by atoms with Gasteiger partial charge in [-0.1, -0.05) is 31.2 Å². The Kier molecular flexibility index (Phi) is 3.31. The van der Waals surface area contributed by atoms with Crippen molar-refractivity contribution in [1.29, 1.82) is 0 Å². The van der Waals surface area contributed by atoms with E-state index in [2.05, 4.69) is 48.9 Å². The quantitative estimate of drug-likeness (QED) is 0.623. The molecule has 2 heteroatoms. The van der Waals surface area contributed by atoms with Gasteiger partial charge in [0.1, 0.15) is 5.82 Å². The lowest BCUT2D eigenvalue weighted by molar-refractivity contribution is 0.572. The van der Waals surface area contributed by atoms with Gasteiger partial charge in [0.25, 0.3) is 0 Å². The molecule has 0 aliphatic heterocycles. The second-order valence-electron chi connectivity index (χ2n) is 5.21. The lowest BCUT2D eigenvalue weighted by atomic mass is 10.0. The van der Waals surface area contributed by atoms with Gasteiger partial charge in [0, 0.05) is 17.1 Å². The molecule has 0 saturated carbocycles. The lowest BCUT2D eigenvalue weighted by Gasteiger charge is -2.19. The highest BCUT2D eigenvalue weighted by Crippen LogP contribution is 2.29. The topological polar surface area (TPSA) is 4.93 Å². The number of aromatic nitrogens is 1. The number of halogens is 1. The molecule has 0 radical (unpaired) electrons. The highest BCUT2D eigenvalue weighted by molar-refractivity contribution is 5.83. The second kappa shape index (κ2) is 5.12. The largest absolute Gasteiger partial charge is 0.340 e. The predicted molar refractivity (Wildman–Crippen MR) is 81.5 cm³/mol. The van der Waals surface area contributed by atoms with Crippen LogP contribution in [0, 0.1) is 12.7 Å². The van der Waals surface area contributed by atoms with Gasteiger partial charge < -0.3 is 4.57 Å². The minimum Gasteiger partial charge on any atom is -0.340 e. The minimum absolute atomic E-state index is 0.171. The van der Waals surface area contributed by atoms with Crippen LogP contribution in [0.3, 0.4) is 0 Å². The Morgan fingerprint density at radius 2 is 1.90 bits per heavy atom. The van der Waals surface area contributed by atoms with Crippen LogP contribution >= 0.6 is 0 Å². The van der Waals surface area contributed by atoms with Crippen molar-refractivity contribution < 1.29 is 4.39 Å². The number of fused-ring (bicyclic) bond motifs is 1.